The third kappa shape index (κ3) is 3.94. The summed E-state index contributed by atoms with van der Waals surface area (Å²) in [6.07, 6.45) is 0.161. The van der Waals surface area contributed by atoms with Crippen molar-refractivity contribution in [3.63, 3.8) is 0 Å². The molecule has 7 nitrogen and oxygen atoms in total. The van der Waals surface area contributed by atoms with E-state index in [-0.39, 0.29) is 36.1 Å². The minimum Gasteiger partial charge on any atom is -0.491 e. The van der Waals surface area contributed by atoms with Gasteiger partial charge in [0.15, 0.2) is 0 Å². The van der Waals surface area contributed by atoms with E-state index >= 15 is 0 Å². The van der Waals surface area contributed by atoms with Gasteiger partial charge in [-0.3, -0.25) is 30.1 Å². The van der Waals surface area contributed by atoms with Gasteiger partial charge in [0.05, 0.1) is 29.3 Å². The van der Waals surface area contributed by atoms with E-state index in [2.05, 4.69) is 10.9 Å². The molecule has 1 aliphatic rings. The van der Waals surface area contributed by atoms with Gasteiger partial charge in [0.25, 0.3) is 11.8 Å². The number of hydrazine groups is 1. The van der Waals surface area contributed by atoms with Crippen molar-refractivity contribution < 1.29 is 19.1 Å². The standard InChI is InChI=1S/C18H16ClN3O4/c19-13-6-2-1-5-12(13)18(25)21-20-16(23)11-22-14-7-3-4-8-15(14)26-10-9-17(22)24/h1-8H,9-11H2,(H,20,23)(H,21,25). The normalized spacial score (nSPS) is 13.3. The number of nitrogens with zero attached hydrogens (tertiary/aromatic N) is 1. The minimum absolute atomic E-state index is 0.161. The first-order chi connectivity index (χ1) is 12.6. The number of hydrogen-bond donors (Lipinski definition) is 2. The summed E-state index contributed by atoms with van der Waals surface area (Å²) in [5.41, 5.74) is 5.34. The zero-order valence-electron chi connectivity index (χ0n) is 13.7. The molecule has 0 atom stereocenters. The first kappa shape index (κ1) is 17.8. The van der Waals surface area contributed by atoms with Gasteiger partial charge < -0.3 is 4.74 Å². The zero-order chi connectivity index (χ0) is 18.5. The van der Waals surface area contributed by atoms with Crippen LogP contribution in [-0.2, 0) is 9.59 Å². The average molecular weight is 374 g/mol. The smallest absolute Gasteiger partial charge is 0.271 e. The van der Waals surface area contributed by atoms with E-state index in [0.717, 1.165) is 0 Å². The lowest BCUT2D eigenvalue weighted by Crippen LogP contribution is -2.47. The number of hydrogen-bond acceptors (Lipinski definition) is 4. The van der Waals surface area contributed by atoms with Gasteiger partial charge in [-0.05, 0) is 24.3 Å². The van der Waals surface area contributed by atoms with Crippen molar-refractivity contribution in [2.24, 2.45) is 0 Å². The van der Waals surface area contributed by atoms with Gasteiger partial charge in [0.1, 0.15) is 12.3 Å². The molecule has 0 unspecified atom stereocenters. The lowest BCUT2D eigenvalue weighted by atomic mass is 10.2. The second kappa shape index (κ2) is 7.88. The third-order valence-electron chi connectivity index (χ3n) is 3.77. The number of fused-ring (bicyclic) bond motifs is 1. The summed E-state index contributed by atoms with van der Waals surface area (Å²) in [4.78, 5) is 37.9. The number of halogens is 1. The fraction of sp³-hybridized carbons (Fsp3) is 0.167. The molecule has 3 rings (SSSR count). The summed E-state index contributed by atoms with van der Waals surface area (Å²) in [6, 6.07) is 13.5. The number of benzene rings is 2. The number of carbonyl (C=O) groups is 3. The fourth-order valence-corrected chi connectivity index (χ4v) is 2.74. The molecule has 26 heavy (non-hydrogen) atoms. The van der Waals surface area contributed by atoms with Crippen LogP contribution in [0.2, 0.25) is 5.02 Å². The number of amides is 3. The maximum Gasteiger partial charge on any atom is 0.271 e. The molecule has 2 N–H and O–H groups in total. The van der Waals surface area contributed by atoms with Gasteiger partial charge in [-0.2, -0.15) is 0 Å². The molecule has 134 valence electrons. The highest BCUT2D eigenvalue weighted by Crippen LogP contribution is 2.30. The molecule has 0 saturated heterocycles. The van der Waals surface area contributed by atoms with E-state index in [1.807, 2.05) is 0 Å². The molecule has 2 aromatic carbocycles. The van der Waals surface area contributed by atoms with Gasteiger partial charge in [0.2, 0.25) is 5.91 Å². The monoisotopic (exact) mass is 373 g/mol. The molecule has 0 aromatic heterocycles. The van der Waals surface area contributed by atoms with Crippen LogP contribution in [0.25, 0.3) is 0 Å². The Labute approximate surface area is 154 Å². The van der Waals surface area contributed by atoms with Gasteiger partial charge in [-0.25, -0.2) is 0 Å². The highest BCUT2D eigenvalue weighted by atomic mass is 35.5. The molecule has 0 saturated carbocycles. The highest BCUT2D eigenvalue weighted by molar-refractivity contribution is 6.33. The van der Waals surface area contributed by atoms with Gasteiger partial charge in [-0.15, -0.1) is 0 Å². The van der Waals surface area contributed by atoms with Gasteiger partial charge in [-0.1, -0.05) is 35.9 Å². The minimum atomic E-state index is -0.546. The van der Waals surface area contributed by atoms with Crippen LogP contribution in [0.15, 0.2) is 48.5 Å². The molecule has 0 bridgehead atoms. The second-order valence-corrected chi connectivity index (χ2v) is 5.94. The summed E-state index contributed by atoms with van der Waals surface area (Å²) >= 11 is 5.94. The predicted molar refractivity (Wildman–Crippen MR) is 96.0 cm³/mol. The number of para-hydroxylation sites is 2. The quantitative estimate of drug-likeness (QED) is 0.804. The van der Waals surface area contributed by atoms with E-state index in [1.165, 1.54) is 11.0 Å². The highest BCUT2D eigenvalue weighted by Gasteiger charge is 2.25. The van der Waals surface area contributed by atoms with E-state index in [0.29, 0.717) is 11.4 Å². The van der Waals surface area contributed by atoms with E-state index < -0.39 is 11.8 Å². The molecular weight excluding hydrogens is 358 g/mol. The fourth-order valence-electron chi connectivity index (χ4n) is 2.52. The molecule has 0 spiro atoms. The Bertz CT molecular complexity index is 856. The molecule has 3 amide bonds. The largest absolute Gasteiger partial charge is 0.491 e. The molecule has 0 radical (unpaired) electrons. The van der Waals surface area contributed by atoms with E-state index in [1.54, 1.807) is 42.5 Å². The number of rotatable bonds is 3. The summed E-state index contributed by atoms with van der Waals surface area (Å²) in [5.74, 6) is -0.792. The summed E-state index contributed by atoms with van der Waals surface area (Å²) in [7, 11) is 0. The van der Waals surface area contributed by atoms with Crippen molar-refractivity contribution in [3.05, 3.63) is 59.1 Å². The molecule has 2 aromatic rings. The molecular formula is C18H16ClN3O4. The predicted octanol–water partition coefficient (Wildman–Crippen LogP) is 1.92. The molecule has 8 heteroatoms. The lowest BCUT2D eigenvalue weighted by molar-refractivity contribution is -0.124. The van der Waals surface area contributed by atoms with Crippen molar-refractivity contribution in [1.82, 2.24) is 10.9 Å². The average Bonchev–Trinajstić information content (AvgIpc) is 2.79. The molecule has 0 fully saturated rings. The zero-order valence-corrected chi connectivity index (χ0v) is 14.5. The van der Waals surface area contributed by atoms with Crippen LogP contribution in [0.1, 0.15) is 16.8 Å². The van der Waals surface area contributed by atoms with Crippen molar-refractivity contribution in [3.8, 4) is 5.75 Å². The van der Waals surface area contributed by atoms with Crippen LogP contribution in [0, 0.1) is 0 Å². The van der Waals surface area contributed by atoms with Crippen molar-refractivity contribution in [2.75, 3.05) is 18.1 Å². The van der Waals surface area contributed by atoms with Crippen LogP contribution in [-0.4, -0.2) is 30.9 Å². The topological polar surface area (TPSA) is 87.7 Å². The van der Waals surface area contributed by atoms with Gasteiger partial charge >= 0.3 is 0 Å². The SMILES string of the molecule is O=C(CN1C(=O)CCOc2ccccc21)NNC(=O)c1ccccc1Cl. The lowest BCUT2D eigenvalue weighted by Gasteiger charge is -2.21. The van der Waals surface area contributed by atoms with Crippen LogP contribution in [0.3, 0.4) is 0 Å². The second-order valence-electron chi connectivity index (χ2n) is 5.53. The Morgan fingerprint density at radius 1 is 1.08 bits per heavy atom. The first-order valence-electron chi connectivity index (χ1n) is 7.92. The number of carbonyl (C=O) groups excluding carboxylic acids is 3. The van der Waals surface area contributed by atoms with Gasteiger partial charge in [0, 0.05) is 0 Å². The van der Waals surface area contributed by atoms with E-state index in [9.17, 15) is 14.4 Å². The molecule has 1 aliphatic heterocycles. The Balaban J connectivity index is 1.65. The molecule has 1 heterocycles. The summed E-state index contributed by atoms with van der Waals surface area (Å²) in [6.45, 7) is -0.000777. The van der Waals surface area contributed by atoms with E-state index in [4.69, 9.17) is 16.3 Å². The molecule has 0 aliphatic carbocycles. The Morgan fingerprint density at radius 3 is 2.62 bits per heavy atom. The first-order valence-corrected chi connectivity index (χ1v) is 8.30. The summed E-state index contributed by atoms with van der Waals surface area (Å²) in [5, 5.41) is 0.271. The number of nitrogens with one attached hydrogen (secondary N) is 2. The van der Waals surface area contributed by atoms with Crippen molar-refractivity contribution in [1.29, 1.82) is 0 Å². The van der Waals surface area contributed by atoms with Crippen LogP contribution < -0.4 is 20.5 Å². The van der Waals surface area contributed by atoms with Crippen molar-refractivity contribution in [2.45, 2.75) is 6.42 Å². The Hall–Kier alpha value is -3.06. The van der Waals surface area contributed by atoms with Crippen LogP contribution in [0.5, 0.6) is 5.75 Å². The van der Waals surface area contributed by atoms with Crippen LogP contribution in [0.4, 0.5) is 5.69 Å². The maximum atomic E-state index is 12.3. The Morgan fingerprint density at radius 2 is 1.81 bits per heavy atom. The Kier molecular flexibility index (Phi) is 5.38. The maximum absolute atomic E-state index is 12.3. The number of anilines is 1. The van der Waals surface area contributed by atoms with Crippen LogP contribution >= 0.6 is 11.6 Å². The summed E-state index contributed by atoms with van der Waals surface area (Å²) < 4.78 is 5.52. The van der Waals surface area contributed by atoms with Crippen molar-refractivity contribution >= 4 is 35.0 Å². The third-order valence-corrected chi connectivity index (χ3v) is 4.10. The number of ether oxygens (including phenoxy) is 1.